The molecule has 1 unspecified atom stereocenters. The summed E-state index contributed by atoms with van der Waals surface area (Å²) in [6.07, 6.45) is 4.59. The van der Waals surface area contributed by atoms with Crippen molar-refractivity contribution in [2.24, 2.45) is 11.3 Å². The van der Waals surface area contributed by atoms with E-state index in [9.17, 15) is 4.79 Å². The second-order valence-corrected chi connectivity index (χ2v) is 8.60. The Labute approximate surface area is 166 Å². The molecule has 1 aliphatic carbocycles. The van der Waals surface area contributed by atoms with Crippen LogP contribution in [0.4, 0.5) is 0 Å². The molecule has 6 heteroatoms. The first-order chi connectivity index (χ1) is 13.2. The first kappa shape index (κ1) is 19.2. The molecule has 1 amide bonds. The zero-order valence-corrected chi connectivity index (χ0v) is 16.6. The SMILES string of the molecule is O=C(NCC(c1cccc(Cl)c1)N1CCOCC1)[C@@]12CCCC[C@H]1CNC2. The average molecular weight is 392 g/mol. The van der Waals surface area contributed by atoms with Gasteiger partial charge in [0, 0.05) is 31.2 Å². The van der Waals surface area contributed by atoms with Gasteiger partial charge in [0.2, 0.25) is 5.91 Å². The van der Waals surface area contributed by atoms with Crippen LogP contribution < -0.4 is 10.6 Å². The van der Waals surface area contributed by atoms with Crippen LogP contribution >= 0.6 is 11.6 Å². The van der Waals surface area contributed by atoms with Gasteiger partial charge in [-0.15, -0.1) is 0 Å². The van der Waals surface area contributed by atoms with Crippen LogP contribution in [0.5, 0.6) is 0 Å². The third-order valence-corrected chi connectivity index (χ3v) is 6.90. The monoisotopic (exact) mass is 391 g/mol. The summed E-state index contributed by atoms with van der Waals surface area (Å²) in [6.45, 7) is 5.65. The van der Waals surface area contributed by atoms with Crippen molar-refractivity contribution in [1.82, 2.24) is 15.5 Å². The second kappa shape index (κ2) is 8.48. The fourth-order valence-electron chi connectivity index (χ4n) is 5.12. The second-order valence-electron chi connectivity index (χ2n) is 8.16. The number of nitrogens with zero attached hydrogens (tertiary/aromatic N) is 1. The highest BCUT2D eigenvalue weighted by atomic mass is 35.5. The summed E-state index contributed by atoms with van der Waals surface area (Å²) in [5, 5.41) is 7.54. The number of morpholine rings is 1. The van der Waals surface area contributed by atoms with Crippen LogP contribution in [0.2, 0.25) is 5.02 Å². The molecule has 1 saturated carbocycles. The van der Waals surface area contributed by atoms with Crippen molar-refractivity contribution in [1.29, 1.82) is 0 Å². The van der Waals surface area contributed by atoms with E-state index in [1.807, 2.05) is 18.2 Å². The highest BCUT2D eigenvalue weighted by Gasteiger charge is 2.49. The number of halogens is 1. The number of amides is 1. The topological polar surface area (TPSA) is 53.6 Å². The van der Waals surface area contributed by atoms with Gasteiger partial charge in [-0.2, -0.15) is 0 Å². The zero-order chi connectivity index (χ0) is 18.7. The first-order valence-corrected chi connectivity index (χ1v) is 10.6. The van der Waals surface area contributed by atoms with Gasteiger partial charge in [-0.1, -0.05) is 36.6 Å². The lowest BCUT2D eigenvalue weighted by Gasteiger charge is -2.39. The molecule has 3 aliphatic rings. The maximum atomic E-state index is 13.3. The molecule has 3 atom stereocenters. The Balaban J connectivity index is 1.49. The van der Waals surface area contributed by atoms with Crippen molar-refractivity contribution in [3.63, 3.8) is 0 Å². The number of rotatable bonds is 5. The third-order valence-electron chi connectivity index (χ3n) is 6.67. The summed E-state index contributed by atoms with van der Waals surface area (Å²) in [5.74, 6) is 0.719. The third kappa shape index (κ3) is 4.02. The fourth-order valence-corrected chi connectivity index (χ4v) is 5.32. The number of carbonyl (C=O) groups is 1. The highest BCUT2D eigenvalue weighted by molar-refractivity contribution is 6.30. The normalized spacial score (nSPS) is 29.9. The minimum atomic E-state index is -0.206. The quantitative estimate of drug-likeness (QED) is 0.810. The van der Waals surface area contributed by atoms with E-state index >= 15 is 0 Å². The van der Waals surface area contributed by atoms with Crippen molar-refractivity contribution in [3.8, 4) is 0 Å². The summed E-state index contributed by atoms with van der Waals surface area (Å²) in [5.41, 5.74) is 0.953. The Morgan fingerprint density at radius 3 is 3.04 bits per heavy atom. The minimum Gasteiger partial charge on any atom is -0.379 e. The number of ether oxygens (including phenoxy) is 1. The molecule has 27 heavy (non-hydrogen) atoms. The van der Waals surface area contributed by atoms with E-state index in [1.54, 1.807) is 0 Å². The van der Waals surface area contributed by atoms with Crippen molar-refractivity contribution in [2.75, 3.05) is 45.9 Å². The van der Waals surface area contributed by atoms with Crippen LogP contribution in [0.3, 0.4) is 0 Å². The Morgan fingerprint density at radius 2 is 2.22 bits per heavy atom. The summed E-state index contributed by atoms with van der Waals surface area (Å²) in [4.78, 5) is 15.7. The maximum absolute atomic E-state index is 13.3. The Hall–Kier alpha value is -1.14. The van der Waals surface area contributed by atoms with Crippen LogP contribution in [0.15, 0.2) is 24.3 Å². The molecule has 4 rings (SSSR count). The lowest BCUT2D eigenvalue weighted by atomic mass is 9.67. The van der Waals surface area contributed by atoms with Gasteiger partial charge >= 0.3 is 0 Å². The predicted octanol–water partition coefficient (Wildman–Crippen LogP) is 2.61. The van der Waals surface area contributed by atoms with E-state index in [-0.39, 0.29) is 17.4 Å². The van der Waals surface area contributed by atoms with Gasteiger partial charge in [-0.3, -0.25) is 9.69 Å². The fraction of sp³-hybridized carbons (Fsp3) is 0.667. The molecular formula is C21H30ClN3O2. The lowest BCUT2D eigenvalue weighted by Crippen LogP contribution is -2.50. The molecule has 5 nitrogen and oxygen atoms in total. The standard InChI is InChI=1S/C21H30ClN3O2/c22-18-6-3-4-16(12-18)19(25-8-10-27-11-9-25)14-24-20(26)21-7-2-1-5-17(21)13-23-15-21/h3-4,6,12,17,19,23H,1-2,5,7-11,13-15H2,(H,24,26)/t17-,19?,21+/m0/s1. The molecule has 1 aromatic rings. The van der Waals surface area contributed by atoms with Crippen molar-refractivity contribution in [2.45, 2.75) is 31.7 Å². The molecule has 2 saturated heterocycles. The highest BCUT2D eigenvalue weighted by Crippen LogP contribution is 2.44. The van der Waals surface area contributed by atoms with Gasteiger partial charge in [-0.05, 0) is 43.0 Å². The predicted molar refractivity (Wildman–Crippen MR) is 107 cm³/mol. The van der Waals surface area contributed by atoms with E-state index in [0.717, 1.165) is 62.8 Å². The smallest absolute Gasteiger partial charge is 0.227 e. The van der Waals surface area contributed by atoms with E-state index in [2.05, 4.69) is 21.6 Å². The largest absolute Gasteiger partial charge is 0.379 e. The molecule has 2 heterocycles. The van der Waals surface area contributed by atoms with Crippen molar-refractivity contribution in [3.05, 3.63) is 34.9 Å². The number of nitrogens with one attached hydrogen (secondary N) is 2. The van der Waals surface area contributed by atoms with Crippen molar-refractivity contribution < 1.29 is 9.53 Å². The molecule has 2 N–H and O–H groups in total. The molecule has 148 valence electrons. The Kier molecular flexibility index (Phi) is 6.02. The van der Waals surface area contributed by atoms with Crippen LogP contribution in [0.25, 0.3) is 0 Å². The van der Waals surface area contributed by atoms with Gasteiger partial charge in [0.1, 0.15) is 0 Å². The van der Waals surface area contributed by atoms with E-state index in [4.69, 9.17) is 16.3 Å². The van der Waals surface area contributed by atoms with Gasteiger partial charge in [0.25, 0.3) is 0 Å². The molecule has 1 aromatic carbocycles. The number of carbonyl (C=O) groups excluding carboxylic acids is 1. The van der Waals surface area contributed by atoms with Crippen LogP contribution in [-0.2, 0) is 9.53 Å². The van der Waals surface area contributed by atoms with Crippen LogP contribution in [-0.4, -0.2) is 56.7 Å². The molecule has 0 aromatic heterocycles. The number of hydrogen-bond acceptors (Lipinski definition) is 4. The van der Waals surface area contributed by atoms with Crippen LogP contribution in [0.1, 0.15) is 37.3 Å². The average Bonchev–Trinajstić information content (AvgIpc) is 3.14. The summed E-state index contributed by atoms with van der Waals surface area (Å²) in [7, 11) is 0. The summed E-state index contributed by atoms with van der Waals surface area (Å²) in [6, 6.07) is 8.15. The van der Waals surface area contributed by atoms with E-state index < -0.39 is 0 Å². The number of hydrogen-bond donors (Lipinski definition) is 2. The number of fused-ring (bicyclic) bond motifs is 1. The first-order valence-electron chi connectivity index (χ1n) is 10.3. The maximum Gasteiger partial charge on any atom is 0.227 e. The summed E-state index contributed by atoms with van der Waals surface area (Å²) >= 11 is 6.25. The van der Waals surface area contributed by atoms with Gasteiger partial charge in [-0.25, -0.2) is 0 Å². The van der Waals surface area contributed by atoms with E-state index in [1.165, 1.54) is 12.8 Å². The van der Waals surface area contributed by atoms with Crippen molar-refractivity contribution >= 4 is 17.5 Å². The molecule has 0 spiro atoms. The molecular weight excluding hydrogens is 362 g/mol. The Morgan fingerprint density at radius 1 is 1.37 bits per heavy atom. The molecule has 0 bridgehead atoms. The zero-order valence-electron chi connectivity index (χ0n) is 15.9. The summed E-state index contributed by atoms with van der Waals surface area (Å²) < 4.78 is 5.52. The molecule has 0 radical (unpaired) electrons. The van der Waals surface area contributed by atoms with Gasteiger partial charge in [0.05, 0.1) is 24.7 Å². The molecule has 2 aliphatic heterocycles. The number of benzene rings is 1. The minimum absolute atomic E-state index is 0.129. The lowest BCUT2D eigenvalue weighted by molar-refractivity contribution is -0.134. The Bertz CT molecular complexity index is 665. The van der Waals surface area contributed by atoms with Gasteiger partial charge < -0.3 is 15.4 Å². The van der Waals surface area contributed by atoms with E-state index in [0.29, 0.717) is 12.5 Å². The van der Waals surface area contributed by atoms with Gasteiger partial charge in [0.15, 0.2) is 0 Å². The van der Waals surface area contributed by atoms with Crippen LogP contribution in [0, 0.1) is 11.3 Å². The molecule has 3 fully saturated rings.